The summed E-state index contributed by atoms with van der Waals surface area (Å²) in [7, 11) is -5.70. The molecule has 25 heteroatoms. The molecule has 100 heavy (non-hydrogen) atoms. The van der Waals surface area contributed by atoms with E-state index >= 15 is 0 Å². The molecule has 2 saturated heterocycles. The molecule has 0 aromatic rings. The monoisotopic (exact) mass is 1450 g/mol. The quantitative estimate of drug-likeness (QED) is 0.00886. The van der Waals surface area contributed by atoms with Crippen LogP contribution in [0.1, 0.15) is 310 Å². The molecule has 0 aromatic heterocycles. The van der Waals surface area contributed by atoms with Gasteiger partial charge in [-0.15, -0.1) is 0 Å². The van der Waals surface area contributed by atoms with Gasteiger partial charge in [0.2, 0.25) is 0 Å². The Bertz CT molecular complexity index is 2130. The molecule has 0 aromatic carbocycles. The second-order valence-corrected chi connectivity index (χ2v) is 30.1. The van der Waals surface area contributed by atoms with E-state index in [0.29, 0.717) is 25.2 Å². The van der Waals surface area contributed by atoms with Crippen molar-refractivity contribution in [3.8, 4) is 0 Å². The van der Waals surface area contributed by atoms with Crippen LogP contribution in [0.3, 0.4) is 0 Å². The van der Waals surface area contributed by atoms with Crippen LogP contribution >= 0.6 is 7.82 Å². The second kappa shape index (κ2) is 56.1. The Morgan fingerprint density at radius 2 is 0.760 bits per heavy atom. The predicted molar refractivity (Wildman–Crippen MR) is 379 cm³/mol. The number of phosphoric acid groups is 1. The molecule has 2 heterocycles. The van der Waals surface area contributed by atoms with Crippen molar-refractivity contribution in [1.82, 2.24) is 0 Å². The first kappa shape index (κ1) is 91.9. The minimum Gasteiger partial charge on any atom is -0.463 e. The number of unbranched alkanes of at least 4 members (excludes halogenated alkanes) is 34. The van der Waals surface area contributed by atoms with E-state index in [4.69, 9.17) is 42.2 Å². The number of rotatable bonds is 61. The number of carbonyl (C=O) groups is 3. The third-order valence-corrected chi connectivity index (χ3v) is 20.7. The van der Waals surface area contributed by atoms with Gasteiger partial charge in [0.25, 0.3) is 0 Å². The first-order chi connectivity index (χ1) is 48.2. The van der Waals surface area contributed by atoms with Crippen LogP contribution in [0.2, 0.25) is 0 Å². The van der Waals surface area contributed by atoms with Gasteiger partial charge in [-0.05, 0) is 50.9 Å². The van der Waals surface area contributed by atoms with Crippen LogP contribution in [0, 0.1) is 5.92 Å². The Kier molecular flexibility index (Phi) is 51.5. The van der Waals surface area contributed by atoms with Gasteiger partial charge in [-0.25, -0.2) is 4.57 Å². The SMILES string of the molecule is CCCCCC/C=C\CCCCCCCCCC(=O)OCC1OC(OC2C(O)C(O)C(O)C(OC3OC(CO)C(O)C(O)C3O)C2OP(=O)(O)OCC(COC(=O)CCCCCCCCCCCCCCCC)OC(=O)CCCCCCCCC(C)CCCCCCCC)C(O)C(O)C1O. The number of allylic oxidation sites excluding steroid dienone is 2. The summed E-state index contributed by atoms with van der Waals surface area (Å²) in [6.45, 7) is 5.78. The van der Waals surface area contributed by atoms with Crippen LogP contribution in [-0.2, 0) is 61.2 Å². The van der Waals surface area contributed by atoms with Gasteiger partial charge in [-0.1, -0.05) is 258 Å². The zero-order valence-corrected chi connectivity index (χ0v) is 62.6. The van der Waals surface area contributed by atoms with E-state index in [9.17, 15) is 74.9 Å². The van der Waals surface area contributed by atoms with Crippen LogP contribution in [0.15, 0.2) is 12.2 Å². The predicted octanol–water partition coefficient (Wildman–Crippen LogP) is 11.4. The molecule has 1 saturated carbocycles. The summed E-state index contributed by atoms with van der Waals surface area (Å²) in [4.78, 5) is 51.1. The van der Waals surface area contributed by atoms with E-state index < -0.39 is 156 Å². The fraction of sp³-hybridized carbons (Fsp3) is 0.933. The molecule has 2 aliphatic heterocycles. The molecule has 0 spiro atoms. The number of hydrogen-bond donors (Lipinski definition) is 11. The van der Waals surface area contributed by atoms with Crippen LogP contribution in [0.5, 0.6) is 0 Å². The fourth-order valence-corrected chi connectivity index (χ4v) is 14.1. The minimum atomic E-state index is -5.70. The molecule has 19 atom stereocenters. The molecule has 19 unspecified atom stereocenters. The third-order valence-electron chi connectivity index (χ3n) is 19.7. The van der Waals surface area contributed by atoms with Gasteiger partial charge in [0.05, 0.1) is 13.2 Å². The first-order valence-corrected chi connectivity index (χ1v) is 40.9. The normalized spacial score (nSPS) is 27.7. The van der Waals surface area contributed by atoms with Crippen molar-refractivity contribution in [1.29, 1.82) is 0 Å². The Hall–Kier alpha value is -2.30. The molecule has 1 aliphatic carbocycles. The standard InChI is InChI=1S/C75H139O24P/c1-5-8-11-14-17-19-21-23-25-27-29-31-33-39-44-49-60(78)92-54-58-63(81)65(83)70(88)75(96-58)98-72-68(86)66(84)67(85)71(97-74-69(87)64(82)62(80)57(51-76)95-74)73(72)99-100(89,90)93-53-56(52-91-59(77)48-43-38-32-30-28-26-24-22-20-18-15-12-9-6-2)94-61(79)50-45-40-35-34-37-42-47-55(4)46-41-36-16-13-10-7-3/h19,21,55-58,62-76,80-88H,5-18,20,22-54H2,1-4H3,(H,89,90)/b21-19-. The highest BCUT2D eigenvalue weighted by atomic mass is 31.2. The Morgan fingerprint density at radius 3 is 1.19 bits per heavy atom. The molecule has 0 radical (unpaired) electrons. The van der Waals surface area contributed by atoms with Gasteiger partial charge in [0.1, 0.15) is 98.7 Å². The Morgan fingerprint density at radius 1 is 0.410 bits per heavy atom. The largest absolute Gasteiger partial charge is 0.472 e. The van der Waals surface area contributed by atoms with Gasteiger partial charge >= 0.3 is 25.7 Å². The number of aliphatic hydroxyl groups is 10. The van der Waals surface area contributed by atoms with Crippen LogP contribution in [-0.4, -0.2) is 204 Å². The van der Waals surface area contributed by atoms with E-state index in [-0.39, 0.29) is 19.3 Å². The molecular formula is C75H139O24P. The molecule has 3 aliphatic rings. The number of aliphatic hydroxyl groups excluding tert-OH is 10. The molecule has 3 rings (SSSR count). The van der Waals surface area contributed by atoms with Gasteiger partial charge in [0.15, 0.2) is 18.7 Å². The van der Waals surface area contributed by atoms with Crippen molar-refractivity contribution in [2.75, 3.05) is 26.4 Å². The maximum absolute atomic E-state index is 14.4. The lowest BCUT2D eigenvalue weighted by Crippen LogP contribution is -2.69. The Labute approximate surface area is 599 Å². The molecule has 11 N–H and O–H groups in total. The summed E-state index contributed by atoms with van der Waals surface area (Å²) >= 11 is 0. The van der Waals surface area contributed by atoms with Crippen LogP contribution in [0.25, 0.3) is 0 Å². The highest BCUT2D eigenvalue weighted by Crippen LogP contribution is 2.49. The number of ether oxygens (including phenoxy) is 7. The number of esters is 3. The molecule has 0 bridgehead atoms. The summed E-state index contributed by atoms with van der Waals surface area (Å²) < 4.78 is 65.2. The highest BCUT2D eigenvalue weighted by Gasteiger charge is 2.58. The van der Waals surface area contributed by atoms with E-state index in [1.807, 2.05) is 0 Å². The molecule has 3 fully saturated rings. The van der Waals surface area contributed by atoms with Crippen molar-refractivity contribution >= 4 is 25.7 Å². The average Bonchev–Trinajstić information content (AvgIpc) is 0.757. The lowest BCUT2D eigenvalue weighted by atomic mass is 9.84. The number of hydrogen-bond acceptors (Lipinski definition) is 23. The van der Waals surface area contributed by atoms with E-state index in [1.54, 1.807) is 0 Å². The van der Waals surface area contributed by atoms with E-state index in [0.717, 1.165) is 109 Å². The molecule has 0 amide bonds. The summed E-state index contributed by atoms with van der Waals surface area (Å²) in [5.41, 5.74) is 0. The molecule has 24 nitrogen and oxygen atoms in total. The minimum absolute atomic E-state index is 0.0244. The zero-order chi connectivity index (χ0) is 73.3. The van der Waals surface area contributed by atoms with Gasteiger partial charge in [-0.2, -0.15) is 0 Å². The van der Waals surface area contributed by atoms with Crippen LogP contribution < -0.4 is 0 Å². The summed E-state index contributed by atoms with van der Waals surface area (Å²) in [6.07, 6.45) is 14.1. The smallest absolute Gasteiger partial charge is 0.463 e. The van der Waals surface area contributed by atoms with Crippen molar-refractivity contribution in [3.63, 3.8) is 0 Å². The second-order valence-electron chi connectivity index (χ2n) is 28.7. The average molecular weight is 1460 g/mol. The maximum atomic E-state index is 14.4. The van der Waals surface area contributed by atoms with Crippen molar-refractivity contribution in [2.24, 2.45) is 5.92 Å². The fourth-order valence-electron chi connectivity index (χ4n) is 13.2. The highest BCUT2D eigenvalue weighted by molar-refractivity contribution is 7.47. The van der Waals surface area contributed by atoms with Gasteiger partial charge < -0.3 is 89.1 Å². The lowest BCUT2D eigenvalue weighted by Gasteiger charge is -2.49. The zero-order valence-electron chi connectivity index (χ0n) is 61.7. The van der Waals surface area contributed by atoms with E-state index in [2.05, 4.69) is 39.8 Å². The molecular weight excluding hydrogens is 1320 g/mol. The topological polar surface area (TPSA) is 374 Å². The number of carbonyl (C=O) groups excluding carboxylic acids is 3. The maximum Gasteiger partial charge on any atom is 0.472 e. The van der Waals surface area contributed by atoms with Crippen molar-refractivity contribution in [3.05, 3.63) is 12.2 Å². The number of phosphoric ester groups is 1. The van der Waals surface area contributed by atoms with Gasteiger partial charge in [0, 0.05) is 19.3 Å². The summed E-state index contributed by atoms with van der Waals surface area (Å²) in [5, 5.41) is 110. The summed E-state index contributed by atoms with van der Waals surface area (Å²) in [5.74, 6) is -1.30. The van der Waals surface area contributed by atoms with Crippen molar-refractivity contribution in [2.45, 2.75) is 414 Å². The Balaban J connectivity index is 1.73. The van der Waals surface area contributed by atoms with Crippen molar-refractivity contribution < 1.29 is 117 Å². The van der Waals surface area contributed by atoms with Gasteiger partial charge in [-0.3, -0.25) is 23.4 Å². The third kappa shape index (κ3) is 38.8. The molecule has 588 valence electrons. The first-order valence-electron chi connectivity index (χ1n) is 39.4. The van der Waals surface area contributed by atoms with Crippen LogP contribution in [0.4, 0.5) is 0 Å². The lowest BCUT2D eigenvalue weighted by molar-refractivity contribution is -0.360. The van der Waals surface area contributed by atoms with E-state index in [1.165, 1.54) is 135 Å². The summed E-state index contributed by atoms with van der Waals surface area (Å²) in [6, 6.07) is 0.